The number of rotatable bonds is 7. The molecule has 5 nitrogen and oxygen atoms in total. The molecular formula is C25H35IN4O. The second kappa shape index (κ2) is 12.4. The predicted octanol–water partition coefficient (Wildman–Crippen LogP) is 4.34. The van der Waals surface area contributed by atoms with E-state index in [9.17, 15) is 0 Å². The summed E-state index contributed by atoms with van der Waals surface area (Å²) in [5.41, 5.74) is 3.93. The Labute approximate surface area is 203 Å². The Morgan fingerprint density at radius 3 is 2.42 bits per heavy atom. The van der Waals surface area contributed by atoms with Gasteiger partial charge in [-0.05, 0) is 49.0 Å². The third kappa shape index (κ3) is 6.92. The van der Waals surface area contributed by atoms with E-state index in [4.69, 9.17) is 4.74 Å². The SMILES string of the molecule is CN=C(NCc1ccc(CN2CCCC2)cc1)NCC1CCOC1c1ccccc1.I. The largest absolute Gasteiger partial charge is 0.373 e. The number of benzene rings is 2. The normalized spacial score (nSPS) is 21.6. The second-order valence-corrected chi connectivity index (χ2v) is 8.36. The summed E-state index contributed by atoms with van der Waals surface area (Å²) in [5, 5.41) is 6.94. The minimum Gasteiger partial charge on any atom is -0.373 e. The van der Waals surface area contributed by atoms with Gasteiger partial charge in [0, 0.05) is 39.2 Å². The molecule has 0 amide bonds. The highest BCUT2D eigenvalue weighted by Crippen LogP contribution is 2.33. The van der Waals surface area contributed by atoms with Gasteiger partial charge < -0.3 is 15.4 Å². The number of guanidine groups is 1. The zero-order chi connectivity index (χ0) is 20.6. The first-order valence-electron chi connectivity index (χ1n) is 11.2. The molecule has 2 aromatic rings. The fourth-order valence-corrected chi connectivity index (χ4v) is 4.45. The van der Waals surface area contributed by atoms with E-state index in [1.165, 1.54) is 42.6 Å². The Hall–Kier alpha value is -1.64. The topological polar surface area (TPSA) is 48.9 Å². The highest BCUT2D eigenvalue weighted by atomic mass is 127. The molecule has 2 N–H and O–H groups in total. The fourth-order valence-electron chi connectivity index (χ4n) is 4.45. The standard InChI is InChI=1S/C25H34N4O.HI/c1-26-25(28-18-23-13-16-30-24(23)22-7-3-2-4-8-22)27-17-20-9-11-21(12-10-20)19-29-14-5-6-15-29;/h2-4,7-12,23-24H,5-6,13-19H2,1H3,(H2,26,27,28);1H. The summed E-state index contributed by atoms with van der Waals surface area (Å²) in [6.07, 6.45) is 3.92. The molecule has 0 bridgehead atoms. The molecule has 2 atom stereocenters. The van der Waals surface area contributed by atoms with Crippen LogP contribution in [0.4, 0.5) is 0 Å². The minimum absolute atomic E-state index is 0. The van der Waals surface area contributed by atoms with Crippen molar-refractivity contribution in [2.75, 3.05) is 33.3 Å². The van der Waals surface area contributed by atoms with Gasteiger partial charge in [0.2, 0.25) is 0 Å². The Balaban J connectivity index is 0.00000272. The van der Waals surface area contributed by atoms with Crippen LogP contribution in [-0.4, -0.2) is 44.1 Å². The minimum atomic E-state index is 0. The van der Waals surface area contributed by atoms with E-state index in [-0.39, 0.29) is 30.1 Å². The van der Waals surface area contributed by atoms with Crippen molar-refractivity contribution in [2.45, 2.75) is 38.5 Å². The van der Waals surface area contributed by atoms with E-state index in [0.717, 1.165) is 38.6 Å². The molecular weight excluding hydrogens is 499 g/mol. The summed E-state index contributed by atoms with van der Waals surface area (Å²) in [6.45, 7) is 6.00. The molecule has 0 saturated carbocycles. The molecule has 2 aliphatic heterocycles. The number of ether oxygens (including phenoxy) is 1. The van der Waals surface area contributed by atoms with Gasteiger partial charge in [-0.25, -0.2) is 0 Å². The number of aliphatic imine (C=N–C) groups is 1. The van der Waals surface area contributed by atoms with Crippen LogP contribution in [-0.2, 0) is 17.8 Å². The van der Waals surface area contributed by atoms with Gasteiger partial charge in [0.25, 0.3) is 0 Å². The fraction of sp³-hybridized carbons (Fsp3) is 0.480. The third-order valence-corrected chi connectivity index (χ3v) is 6.19. The van der Waals surface area contributed by atoms with E-state index >= 15 is 0 Å². The van der Waals surface area contributed by atoms with Crippen LogP contribution >= 0.6 is 24.0 Å². The van der Waals surface area contributed by atoms with Crippen molar-refractivity contribution in [2.24, 2.45) is 10.9 Å². The van der Waals surface area contributed by atoms with Crippen LogP contribution in [0.3, 0.4) is 0 Å². The molecule has 31 heavy (non-hydrogen) atoms. The number of nitrogens with zero attached hydrogens (tertiary/aromatic N) is 2. The average molecular weight is 534 g/mol. The number of likely N-dealkylation sites (tertiary alicyclic amines) is 1. The van der Waals surface area contributed by atoms with Crippen LogP contribution in [0.1, 0.15) is 42.1 Å². The molecule has 2 saturated heterocycles. The van der Waals surface area contributed by atoms with Crippen molar-refractivity contribution < 1.29 is 4.74 Å². The molecule has 0 aliphatic carbocycles. The summed E-state index contributed by atoms with van der Waals surface area (Å²) in [7, 11) is 1.83. The third-order valence-electron chi connectivity index (χ3n) is 6.19. The molecule has 2 aliphatic rings. The molecule has 0 spiro atoms. The Bertz CT molecular complexity index is 806. The van der Waals surface area contributed by atoms with Gasteiger partial charge in [-0.15, -0.1) is 24.0 Å². The summed E-state index contributed by atoms with van der Waals surface area (Å²) in [5.74, 6) is 1.30. The molecule has 2 aromatic carbocycles. The predicted molar refractivity (Wildman–Crippen MR) is 138 cm³/mol. The van der Waals surface area contributed by atoms with Crippen molar-refractivity contribution in [3.05, 3.63) is 71.3 Å². The van der Waals surface area contributed by atoms with Gasteiger partial charge in [0.1, 0.15) is 0 Å². The highest BCUT2D eigenvalue weighted by Gasteiger charge is 2.29. The summed E-state index contributed by atoms with van der Waals surface area (Å²) < 4.78 is 6.00. The quantitative estimate of drug-likeness (QED) is 0.315. The molecule has 0 radical (unpaired) electrons. The van der Waals surface area contributed by atoms with Crippen LogP contribution in [0.25, 0.3) is 0 Å². The van der Waals surface area contributed by atoms with Gasteiger partial charge in [0.15, 0.2) is 5.96 Å². The van der Waals surface area contributed by atoms with E-state index in [1.54, 1.807) is 0 Å². The van der Waals surface area contributed by atoms with Crippen molar-refractivity contribution in [1.29, 1.82) is 0 Å². The molecule has 6 heteroatoms. The molecule has 0 aromatic heterocycles. The maximum atomic E-state index is 6.00. The first-order valence-corrected chi connectivity index (χ1v) is 11.2. The lowest BCUT2D eigenvalue weighted by Gasteiger charge is -2.21. The van der Waals surface area contributed by atoms with Gasteiger partial charge in [-0.1, -0.05) is 54.6 Å². The van der Waals surface area contributed by atoms with Crippen LogP contribution in [0.2, 0.25) is 0 Å². The van der Waals surface area contributed by atoms with Crippen LogP contribution in [0.5, 0.6) is 0 Å². The lowest BCUT2D eigenvalue weighted by molar-refractivity contribution is 0.0915. The Morgan fingerprint density at radius 2 is 1.71 bits per heavy atom. The lowest BCUT2D eigenvalue weighted by Crippen LogP contribution is -2.39. The van der Waals surface area contributed by atoms with Crippen LogP contribution < -0.4 is 10.6 Å². The van der Waals surface area contributed by atoms with Crippen molar-refractivity contribution in [3.63, 3.8) is 0 Å². The number of halogens is 1. The van der Waals surface area contributed by atoms with Crippen LogP contribution in [0, 0.1) is 5.92 Å². The number of hydrogen-bond acceptors (Lipinski definition) is 3. The van der Waals surface area contributed by atoms with Gasteiger partial charge in [-0.3, -0.25) is 9.89 Å². The lowest BCUT2D eigenvalue weighted by atomic mass is 9.95. The maximum Gasteiger partial charge on any atom is 0.191 e. The molecule has 2 heterocycles. The highest BCUT2D eigenvalue weighted by molar-refractivity contribution is 14.0. The van der Waals surface area contributed by atoms with Crippen molar-refractivity contribution in [3.8, 4) is 0 Å². The maximum absolute atomic E-state index is 6.00. The van der Waals surface area contributed by atoms with E-state index in [0.29, 0.717) is 5.92 Å². The second-order valence-electron chi connectivity index (χ2n) is 8.36. The van der Waals surface area contributed by atoms with Crippen LogP contribution in [0.15, 0.2) is 59.6 Å². The molecule has 4 rings (SSSR count). The molecule has 2 fully saturated rings. The van der Waals surface area contributed by atoms with Crippen molar-refractivity contribution >= 4 is 29.9 Å². The number of nitrogens with one attached hydrogen (secondary N) is 2. The smallest absolute Gasteiger partial charge is 0.191 e. The van der Waals surface area contributed by atoms with Gasteiger partial charge in [-0.2, -0.15) is 0 Å². The Morgan fingerprint density at radius 1 is 1.00 bits per heavy atom. The van der Waals surface area contributed by atoms with Gasteiger partial charge >= 0.3 is 0 Å². The zero-order valence-electron chi connectivity index (χ0n) is 18.4. The van der Waals surface area contributed by atoms with E-state index in [2.05, 4.69) is 75.1 Å². The molecule has 2 unspecified atom stereocenters. The van der Waals surface area contributed by atoms with Crippen molar-refractivity contribution in [1.82, 2.24) is 15.5 Å². The first kappa shape index (κ1) is 24.0. The summed E-state index contributed by atoms with van der Waals surface area (Å²) >= 11 is 0. The zero-order valence-corrected chi connectivity index (χ0v) is 20.8. The van der Waals surface area contributed by atoms with E-state index < -0.39 is 0 Å². The summed E-state index contributed by atoms with van der Waals surface area (Å²) in [6, 6.07) is 19.5. The van der Waals surface area contributed by atoms with Gasteiger partial charge in [0.05, 0.1) is 6.10 Å². The summed E-state index contributed by atoms with van der Waals surface area (Å²) in [4.78, 5) is 6.93. The molecule has 168 valence electrons. The number of hydrogen-bond donors (Lipinski definition) is 2. The first-order chi connectivity index (χ1) is 14.8. The average Bonchev–Trinajstić information content (AvgIpc) is 3.48. The monoisotopic (exact) mass is 534 g/mol. The Kier molecular flexibility index (Phi) is 9.61. The van der Waals surface area contributed by atoms with E-state index in [1.807, 2.05) is 7.05 Å².